The maximum absolute atomic E-state index is 9.23. The molecule has 96 valence electrons. The first kappa shape index (κ1) is 11.9. The second kappa shape index (κ2) is 4.85. The Bertz CT molecular complexity index is 644. The third kappa shape index (κ3) is 2.12. The van der Waals surface area contributed by atoms with Crippen LogP contribution in [0.1, 0.15) is 31.9 Å². The summed E-state index contributed by atoms with van der Waals surface area (Å²) in [4.78, 5) is 0. The van der Waals surface area contributed by atoms with E-state index in [1.807, 2.05) is 24.3 Å². The Morgan fingerprint density at radius 1 is 1.26 bits per heavy atom. The molecule has 1 N–H and O–H groups in total. The summed E-state index contributed by atoms with van der Waals surface area (Å²) in [6.45, 7) is 2.26. The third-order valence-electron chi connectivity index (χ3n) is 3.97. The highest BCUT2D eigenvalue weighted by Gasteiger charge is 2.24. The predicted octanol–water partition coefficient (Wildman–Crippen LogP) is 3.10. The van der Waals surface area contributed by atoms with Gasteiger partial charge in [-0.25, -0.2) is 0 Å². The monoisotopic (exact) mass is 252 g/mol. The number of fused-ring (bicyclic) bond motifs is 1. The van der Waals surface area contributed by atoms with Crippen molar-refractivity contribution in [3.8, 4) is 6.07 Å². The molecule has 1 heterocycles. The van der Waals surface area contributed by atoms with Gasteiger partial charge in [-0.15, -0.1) is 10.2 Å². The topological polar surface area (TPSA) is 61.6 Å². The Labute approximate surface area is 112 Å². The second-order valence-electron chi connectivity index (χ2n) is 5.21. The summed E-state index contributed by atoms with van der Waals surface area (Å²) in [6.07, 6.45) is 3.65. The minimum absolute atomic E-state index is 0.387. The van der Waals surface area contributed by atoms with Gasteiger partial charge in [-0.3, -0.25) is 0 Å². The number of nitriles is 1. The van der Waals surface area contributed by atoms with Crippen molar-refractivity contribution in [1.82, 2.24) is 10.2 Å². The number of benzene rings is 1. The van der Waals surface area contributed by atoms with Crippen LogP contribution in [0.5, 0.6) is 0 Å². The maximum atomic E-state index is 9.23. The minimum Gasteiger partial charge on any atom is -0.379 e. The van der Waals surface area contributed by atoms with Crippen molar-refractivity contribution in [3.63, 3.8) is 0 Å². The highest BCUT2D eigenvalue weighted by atomic mass is 15.1. The maximum Gasteiger partial charge on any atom is 0.186 e. The van der Waals surface area contributed by atoms with Crippen LogP contribution in [0.15, 0.2) is 24.3 Å². The largest absolute Gasteiger partial charge is 0.379 e. The van der Waals surface area contributed by atoms with Crippen molar-refractivity contribution < 1.29 is 0 Å². The van der Waals surface area contributed by atoms with E-state index >= 15 is 0 Å². The standard InChI is InChI=1S/C15H16N4/c1-10-5-4-8-12(10)17-15-11-6-2-3-7-13(11)18-19-14(15)9-16/h2-3,6-7,10,12H,4-5,8H2,1H3,(H,17,18). The van der Waals surface area contributed by atoms with Gasteiger partial charge in [0.15, 0.2) is 5.69 Å². The smallest absolute Gasteiger partial charge is 0.186 e. The average molecular weight is 252 g/mol. The lowest BCUT2D eigenvalue weighted by atomic mass is 10.1. The number of anilines is 1. The van der Waals surface area contributed by atoms with Gasteiger partial charge in [0.1, 0.15) is 6.07 Å². The number of hydrogen-bond donors (Lipinski definition) is 1. The van der Waals surface area contributed by atoms with E-state index in [1.165, 1.54) is 12.8 Å². The summed E-state index contributed by atoms with van der Waals surface area (Å²) in [7, 11) is 0. The molecule has 0 bridgehead atoms. The second-order valence-corrected chi connectivity index (χ2v) is 5.21. The Morgan fingerprint density at radius 2 is 2.11 bits per heavy atom. The van der Waals surface area contributed by atoms with Crippen molar-refractivity contribution >= 4 is 16.6 Å². The van der Waals surface area contributed by atoms with Gasteiger partial charge in [-0.1, -0.05) is 31.5 Å². The fourth-order valence-corrected chi connectivity index (χ4v) is 2.82. The Kier molecular flexibility index (Phi) is 3.04. The molecule has 1 saturated carbocycles. The van der Waals surface area contributed by atoms with Crippen LogP contribution in [0.25, 0.3) is 10.9 Å². The lowest BCUT2D eigenvalue weighted by Gasteiger charge is -2.20. The SMILES string of the molecule is CC1CCCC1Nc1c(C#N)nnc2ccccc12. The first-order chi connectivity index (χ1) is 9.29. The number of nitrogens with one attached hydrogen (secondary N) is 1. The van der Waals surface area contributed by atoms with Crippen molar-refractivity contribution in [2.24, 2.45) is 5.92 Å². The van der Waals surface area contributed by atoms with E-state index in [1.54, 1.807) is 0 Å². The van der Waals surface area contributed by atoms with Crippen molar-refractivity contribution in [2.45, 2.75) is 32.2 Å². The van der Waals surface area contributed by atoms with Gasteiger partial charge in [-0.2, -0.15) is 5.26 Å². The molecule has 1 aliphatic rings. The molecule has 0 saturated heterocycles. The molecule has 19 heavy (non-hydrogen) atoms. The van der Waals surface area contributed by atoms with Crippen molar-refractivity contribution in [3.05, 3.63) is 30.0 Å². The van der Waals surface area contributed by atoms with Crippen LogP contribution in [-0.4, -0.2) is 16.2 Å². The zero-order valence-corrected chi connectivity index (χ0v) is 10.9. The first-order valence-electron chi connectivity index (χ1n) is 6.71. The zero-order valence-electron chi connectivity index (χ0n) is 10.9. The lowest BCUT2D eigenvalue weighted by Crippen LogP contribution is -2.23. The quantitative estimate of drug-likeness (QED) is 0.892. The highest BCUT2D eigenvalue weighted by molar-refractivity contribution is 5.92. The third-order valence-corrected chi connectivity index (χ3v) is 3.97. The Balaban J connectivity index is 2.07. The van der Waals surface area contributed by atoms with Crippen LogP contribution in [0.4, 0.5) is 5.69 Å². The number of aromatic nitrogens is 2. The van der Waals surface area contributed by atoms with Crippen LogP contribution in [0.3, 0.4) is 0 Å². The van der Waals surface area contributed by atoms with Crippen LogP contribution in [0.2, 0.25) is 0 Å². The fourth-order valence-electron chi connectivity index (χ4n) is 2.82. The molecule has 0 radical (unpaired) electrons. The van der Waals surface area contributed by atoms with Gasteiger partial charge < -0.3 is 5.32 Å². The normalized spacial score (nSPS) is 22.3. The molecule has 4 heteroatoms. The van der Waals surface area contributed by atoms with Gasteiger partial charge in [0, 0.05) is 11.4 Å². The molecule has 1 aliphatic carbocycles. The predicted molar refractivity (Wildman–Crippen MR) is 74.7 cm³/mol. The summed E-state index contributed by atoms with van der Waals surface area (Å²) in [5, 5.41) is 21.8. The summed E-state index contributed by atoms with van der Waals surface area (Å²) in [6, 6.07) is 10.4. The van der Waals surface area contributed by atoms with E-state index in [4.69, 9.17) is 0 Å². The van der Waals surface area contributed by atoms with Crippen molar-refractivity contribution in [1.29, 1.82) is 5.26 Å². The van der Waals surface area contributed by atoms with Crippen LogP contribution in [0, 0.1) is 17.2 Å². The van der Waals surface area contributed by atoms with Crippen LogP contribution < -0.4 is 5.32 Å². The number of nitrogens with zero attached hydrogens (tertiary/aromatic N) is 3. The summed E-state index contributed by atoms with van der Waals surface area (Å²) >= 11 is 0. The molecule has 0 spiro atoms. The molecule has 2 atom stereocenters. The lowest BCUT2D eigenvalue weighted by molar-refractivity contribution is 0.556. The van der Waals surface area contributed by atoms with E-state index in [2.05, 4.69) is 28.5 Å². The zero-order chi connectivity index (χ0) is 13.2. The van der Waals surface area contributed by atoms with E-state index in [0.717, 1.165) is 23.0 Å². The molecule has 2 aromatic rings. The molecule has 1 aromatic heterocycles. The first-order valence-corrected chi connectivity index (χ1v) is 6.71. The molecular weight excluding hydrogens is 236 g/mol. The molecule has 2 unspecified atom stereocenters. The van der Waals surface area contributed by atoms with E-state index in [0.29, 0.717) is 17.7 Å². The Hall–Kier alpha value is -2.15. The van der Waals surface area contributed by atoms with Gasteiger partial charge in [0.2, 0.25) is 0 Å². The molecular formula is C15H16N4. The Morgan fingerprint density at radius 3 is 2.84 bits per heavy atom. The molecule has 0 aliphatic heterocycles. The van der Waals surface area contributed by atoms with E-state index in [9.17, 15) is 5.26 Å². The molecule has 1 aromatic carbocycles. The van der Waals surface area contributed by atoms with Gasteiger partial charge in [0.25, 0.3) is 0 Å². The van der Waals surface area contributed by atoms with E-state index in [-0.39, 0.29) is 0 Å². The molecule has 0 amide bonds. The fraction of sp³-hybridized carbons (Fsp3) is 0.400. The highest BCUT2D eigenvalue weighted by Crippen LogP contribution is 2.31. The molecule has 1 fully saturated rings. The van der Waals surface area contributed by atoms with Crippen molar-refractivity contribution in [2.75, 3.05) is 5.32 Å². The van der Waals surface area contributed by atoms with Gasteiger partial charge >= 0.3 is 0 Å². The van der Waals surface area contributed by atoms with Gasteiger partial charge in [0.05, 0.1) is 11.2 Å². The molecule has 4 nitrogen and oxygen atoms in total. The van der Waals surface area contributed by atoms with Gasteiger partial charge in [-0.05, 0) is 24.8 Å². The summed E-state index contributed by atoms with van der Waals surface area (Å²) in [5.41, 5.74) is 2.05. The van der Waals surface area contributed by atoms with E-state index < -0.39 is 0 Å². The number of rotatable bonds is 2. The summed E-state index contributed by atoms with van der Waals surface area (Å²) < 4.78 is 0. The summed E-state index contributed by atoms with van der Waals surface area (Å²) in [5.74, 6) is 0.637. The van der Waals surface area contributed by atoms with Crippen LogP contribution >= 0.6 is 0 Å². The number of hydrogen-bond acceptors (Lipinski definition) is 4. The minimum atomic E-state index is 0.387. The molecule has 3 rings (SSSR count). The average Bonchev–Trinajstić information content (AvgIpc) is 2.85. The van der Waals surface area contributed by atoms with Crippen LogP contribution in [-0.2, 0) is 0 Å².